The van der Waals surface area contributed by atoms with Crippen LogP contribution in [0.5, 0.6) is 0 Å². The first kappa shape index (κ1) is 24.2. The van der Waals surface area contributed by atoms with Gasteiger partial charge in [-0.1, -0.05) is 6.07 Å². The zero-order valence-electron chi connectivity index (χ0n) is 22.9. The van der Waals surface area contributed by atoms with Crippen LogP contribution in [0.2, 0.25) is 0 Å². The number of carbonyl (C=O) groups excluding carboxylic acids is 1. The van der Waals surface area contributed by atoms with Gasteiger partial charge in [0.05, 0.1) is 5.56 Å². The molecule has 39 heavy (non-hydrogen) atoms. The standard InChI is InChI=1S/C33H41N3O3/c37-29(34-26-3-1-2-25(12-26)30(38)39)28-27(4-5-32-13-19-6-20(14-32)8-21(7-19)15-32)35-31(36-28)33-16-22-9-23(17-33)11-24(10-22)18-33/h1-3,12,19-24H,4-11,13-18H2,(H,34,37)(H,35,36)(H,38,39). The second-order valence-corrected chi connectivity index (χ2v) is 14.9. The van der Waals surface area contributed by atoms with Crippen LogP contribution in [0.25, 0.3) is 0 Å². The summed E-state index contributed by atoms with van der Waals surface area (Å²) < 4.78 is 0. The number of nitrogens with zero attached hydrogens (tertiary/aromatic N) is 1. The molecule has 8 bridgehead atoms. The number of H-pyrrole nitrogens is 1. The van der Waals surface area contributed by atoms with Crippen molar-refractivity contribution in [2.24, 2.45) is 40.9 Å². The number of carboxylic acid groups (broad SMARTS) is 1. The molecule has 8 aliphatic rings. The molecule has 8 saturated carbocycles. The third-order valence-corrected chi connectivity index (χ3v) is 12.0. The van der Waals surface area contributed by atoms with Gasteiger partial charge in [0.2, 0.25) is 0 Å². The summed E-state index contributed by atoms with van der Waals surface area (Å²) in [7, 11) is 0. The van der Waals surface area contributed by atoms with Crippen molar-refractivity contribution in [3.63, 3.8) is 0 Å². The minimum atomic E-state index is -0.994. The number of aromatic carboxylic acids is 1. The van der Waals surface area contributed by atoms with Gasteiger partial charge in [0.15, 0.2) is 0 Å². The van der Waals surface area contributed by atoms with Crippen molar-refractivity contribution in [1.29, 1.82) is 0 Å². The number of nitrogens with one attached hydrogen (secondary N) is 2. The van der Waals surface area contributed by atoms with Crippen molar-refractivity contribution < 1.29 is 14.7 Å². The number of anilines is 1. The highest BCUT2D eigenvalue weighted by atomic mass is 16.4. The lowest BCUT2D eigenvalue weighted by Gasteiger charge is -2.57. The SMILES string of the molecule is O=C(O)c1cccc(NC(=O)c2nc(C34CC5CC(CC(C5)C3)C4)[nH]c2CCC23CC4CC(CC(C4)C2)C3)c1. The number of benzene rings is 1. The molecule has 1 amide bonds. The topological polar surface area (TPSA) is 95.1 Å². The number of imidazole rings is 1. The first-order valence-corrected chi connectivity index (χ1v) is 15.6. The molecule has 6 nitrogen and oxygen atoms in total. The van der Waals surface area contributed by atoms with E-state index in [4.69, 9.17) is 4.98 Å². The molecule has 6 heteroatoms. The van der Waals surface area contributed by atoms with Crippen molar-refractivity contribution in [3.8, 4) is 0 Å². The minimum Gasteiger partial charge on any atom is -0.478 e. The van der Waals surface area contributed by atoms with Gasteiger partial charge in [-0.05, 0) is 149 Å². The summed E-state index contributed by atoms with van der Waals surface area (Å²) >= 11 is 0. The average Bonchev–Trinajstić information content (AvgIpc) is 3.32. The molecule has 10 rings (SSSR count). The monoisotopic (exact) mass is 527 g/mol. The predicted molar refractivity (Wildman–Crippen MR) is 149 cm³/mol. The molecular weight excluding hydrogens is 486 g/mol. The first-order chi connectivity index (χ1) is 18.8. The van der Waals surface area contributed by atoms with E-state index < -0.39 is 5.97 Å². The van der Waals surface area contributed by atoms with Crippen LogP contribution in [0.1, 0.15) is 116 Å². The van der Waals surface area contributed by atoms with Crippen LogP contribution in [0.15, 0.2) is 24.3 Å². The molecule has 1 aromatic heterocycles. The van der Waals surface area contributed by atoms with E-state index in [-0.39, 0.29) is 16.9 Å². The number of aromatic amines is 1. The van der Waals surface area contributed by atoms with Crippen molar-refractivity contribution in [2.45, 2.75) is 95.3 Å². The van der Waals surface area contributed by atoms with E-state index in [1.807, 2.05) is 0 Å². The summed E-state index contributed by atoms with van der Waals surface area (Å²) in [4.78, 5) is 34.2. The summed E-state index contributed by atoms with van der Waals surface area (Å²) in [6.45, 7) is 0. The van der Waals surface area contributed by atoms with Gasteiger partial charge in [-0.15, -0.1) is 0 Å². The molecule has 3 N–H and O–H groups in total. The molecule has 2 aromatic rings. The molecule has 206 valence electrons. The Hall–Kier alpha value is -2.63. The van der Waals surface area contributed by atoms with Crippen LogP contribution in [-0.2, 0) is 11.8 Å². The van der Waals surface area contributed by atoms with Crippen molar-refractivity contribution in [2.75, 3.05) is 5.32 Å². The Morgan fingerprint density at radius 1 is 0.872 bits per heavy atom. The molecular formula is C33H41N3O3. The number of hydrogen-bond acceptors (Lipinski definition) is 3. The number of hydrogen-bond donors (Lipinski definition) is 3. The second kappa shape index (κ2) is 8.68. The van der Waals surface area contributed by atoms with Gasteiger partial charge < -0.3 is 15.4 Å². The molecule has 0 unspecified atom stereocenters. The lowest BCUT2D eigenvalue weighted by molar-refractivity contribution is -0.0571. The quantitative estimate of drug-likeness (QED) is 0.362. The van der Waals surface area contributed by atoms with Crippen LogP contribution >= 0.6 is 0 Å². The molecule has 0 atom stereocenters. The summed E-state index contributed by atoms with van der Waals surface area (Å²) in [5.41, 5.74) is 2.77. The van der Waals surface area contributed by atoms with Gasteiger partial charge >= 0.3 is 5.97 Å². The van der Waals surface area contributed by atoms with Gasteiger partial charge in [0.1, 0.15) is 11.5 Å². The van der Waals surface area contributed by atoms with Crippen LogP contribution in [0, 0.1) is 40.9 Å². The molecule has 0 spiro atoms. The number of carboxylic acids is 1. The van der Waals surface area contributed by atoms with Crippen molar-refractivity contribution >= 4 is 17.6 Å². The van der Waals surface area contributed by atoms with E-state index in [2.05, 4.69) is 10.3 Å². The summed E-state index contributed by atoms with van der Waals surface area (Å²) in [5.74, 6) is 5.05. The van der Waals surface area contributed by atoms with Gasteiger partial charge in [0.25, 0.3) is 5.91 Å². The number of aromatic nitrogens is 2. The van der Waals surface area contributed by atoms with Crippen LogP contribution < -0.4 is 5.32 Å². The van der Waals surface area contributed by atoms with E-state index in [1.165, 1.54) is 83.1 Å². The fourth-order valence-corrected chi connectivity index (χ4v) is 11.3. The summed E-state index contributed by atoms with van der Waals surface area (Å²) in [5, 5.41) is 12.4. The molecule has 0 radical (unpaired) electrons. The maximum Gasteiger partial charge on any atom is 0.335 e. The van der Waals surface area contributed by atoms with Crippen molar-refractivity contribution in [3.05, 3.63) is 47.0 Å². The Morgan fingerprint density at radius 2 is 1.44 bits per heavy atom. The van der Waals surface area contributed by atoms with Gasteiger partial charge in [-0.2, -0.15) is 0 Å². The highest BCUT2D eigenvalue weighted by Crippen LogP contribution is 2.62. The smallest absolute Gasteiger partial charge is 0.335 e. The highest BCUT2D eigenvalue weighted by Gasteiger charge is 2.54. The third-order valence-electron chi connectivity index (χ3n) is 12.0. The minimum absolute atomic E-state index is 0.103. The van der Waals surface area contributed by atoms with Crippen LogP contribution in [-0.4, -0.2) is 27.0 Å². The maximum atomic E-state index is 13.7. The Balaban J connectivity index is 1.10. The Kier molecular flexibility index (Phi) is 5.39. The largest absolute Gasteiger partial charge is 0.478 e. The maximum absolute atomic E-state index is 13.7. The fourth-order valence-electron chi connectivity index (χ4n) is 11.3. The molecule has 0 saturated heterocycles. The Labute approximate surface area is 230 Å². The first-order valence-electron chi connectivity index (χ1n) is 15.6. The zero-order chi connectivity index (χ0) is 26.4. The Bertz CT molecular complexity index is 1250. The molecule has 1 aromatic carbocycles. The highest BCUT2D eigenvalue weighted by molar-refractivity contribution is 6.04. The second-order valence-electron chi connectivity index (χ2n) is 14.9. The van der Waals surface area contributed by atoms with Gasteiger partial charge in [-0.25, -0.2) is 9.78 Å². The van der Waals surface area contributed by atoms with E-state index in [1.54, 1.807) is 18.2 Å². The number of carbonyl (C=O) groups is 2. The van der Waals surface area contributed by atoms with E-state index in [9.17, 15) is 14.7 Å². The van der Waals surface area contributed by atoms with Gasteiger partial charge in [-0.3, -0.25) is 4.79 Å². The van der Waals surface area contributed by atoms with Crippen molar-refractivity contribution in [1.82, 2.24) is 9.97 Å². The van der Waals surface area contributed by atoms with Crippen LogP contribution in [0.4, 0.5) is 5.69 Å². The summed E-state index contributed by atoms with van der Waals surface area (Å²) in [6, 6.07) is 6.51. The number of rotatable bonds is 7. The molecule has 8 fully saturated rings. The average molecular weight is 528 g/mol. The molecule has 8 aliphatic carbocycles. The normalized spacial score (nSPS) is 39.3. The van der Waals surface area contributed by atoms with E-state index in [0.717, 1.165) is 59.9 Å². The Morgan fingerprint density at radius 3 is 2.00 bits per heavy atom. The summed E-state index contributed by atoms with van der Waals surface area (Å²) in [6.07, 6.45) is 18.3. The van der Waals surface area contributed by atoms with E-state index >= 15 is 0 Å². The predicted octanol–water partition coefficient (Wildman–Crippen LogP) is 6.98. The number of aryl methyl sites for hydroxylation is 1. The zero-order valence-corrected chi connectivity index (χ0v) is 22.9. The third kappa shape index (κ3) is 4.15. The number of amides is 1. The lowest BCUT2D eigenvalue weighted by Crippen LogP contribution is -2.49. The fraction of sp³-hybridized carbons (Fsp3) is 0.667. The molecule has 0 aliphatic heterocycles. The lowest BCUT2D eigenvalue weighted by atomic mass is 9.48. The van der Waals surface area contributed by atoms with Crippen LogP contribution in [0.3, 0.4) is 0 Å². The molecule has 1 heterocycles. The van der Waals surface area contributed by atoms with Gasteiger partial charge in [0, 0.05) is 16.8 Å². The van der Waals surface area contributed by atoms with E-state index in [0.29, 0.717) is 16.8 Å².